The molecule has 0 spiro atoms. The standard InChI is InChI=1S/C20H17F3N6O/c1-12-14(11-25-28(12)2)10-24-19(30)16-9-18-26-15(13-6-4-3-5-7-13)8-17(20(21,22)23)29(18)27-16/h3-9,11H,10H2,1-2H3,(H,24,30). The summed E-state index contributed by atoms with van der Waals surface area (Å²) in [5, 5.41) is 10.6. The molecule has 4 rings (SSSR count). The monoisotopic (exact) mass is 414 g/mol. The first kappa shape index (κ1) is 19.6. The lowest BCUT2D eigenvalue weighted by Gasteiger charge is -2.10. The van der Waals surface area contributed by atoms with Crippen molar-refractivity contribution in [2.24, 2.45) is 7.05 Å². The molecule has 3 aromatic heterocycles. The van der Waals surface area contributed by atoms with Crippen LogP contribution < -0.4 is 5.32 Å². The van der Waals surface area contributed by atoms with Crippen LogP contribution in [-0.2, 0) is 19.8 Å². The summed E-state index contributed by atoms with van der Waals surface area (Å²) in [5.41, 5.74) is 1.13. The molecule has 3 heterocycles. The van der Waals surface area contributed by atoms with Crippen LogP contribution in [0.4, 0.5) is 13.2 Å². The second-order valence-corrected chi connectivity index (χ2v) is 6.75. The van der Waals surface area contributed by atoms with Crippen molar-refractivity contribution in [3.05, 3.63) is 71.3 Å². The number of benzene rings is 1. The summed E-state index contributed by atoms with van der Waals surface area (Å²) < 4.78 is 43.2. The third kappa shape index (κ3) is 3.63. The van der Waals surface area contributed by atoms with Crippen LogP contribution in [0.5, 0.6) is 0 Å². The molecule has 154 valence electrons. The molecule has 0 saturated carbocycles. The van der Waals surface area contributed by atoms with Gasteiger partial charge in [-0.15, -0.1) is 0 Å². The topological polar surface area (TPSA) is 77.1 Å². The van der Waals surface area contributed by atoms with Gasteiger partial charge in [0.2, 0.25) is 0 Å². The van der Waals surface area contributed by atoms with Gasteiger partial charge in [-0.1, -0.05) is 30.3 Å². The van der Waals surface area contributed by atoms with Crippen LogP contribution in [0.15, 0.2) is 48.7 Å². The van der Waals surface area contributed by atoms with Crippen LogP contribution in [0.3, 0.4) is 0 Å². The Morgan fingerprint density at radius 3 is 2.53 bits per heavy atom. The van der Waals surface area contributed by atoms with E-state index in [0.717, 1.165) is 17.3 Å². The van der Waals surface area contributed by atoms with E-state index in [4.69, 9.17) is 0 Å². The lowest BCUT2D eigenvalue weighted by molar-refractivity contribution is -0.142. The molecule has 1 aromatic carbocycles. The Labute approximate surface area is 169 Å². The van der Waals surface area contributed by atoms with E-state index in [1.807, 2.05) is 6.92 Å². The number of hydrogen-bond donors (Lipinski definition) is 1. The minimum absolute atomic E-state index is 0.0635. The Balaban J connectivity index is 1.70. The fraction of sp³-hybridized carbons (Fsp3) is 0.200. The molecule has 0 aliphatic carbocycles. The van der Waals surface area contributed by atoms with Crippen molar-refractivity contribution in [2.45, 2.75) is 19.6 Å². The van der Waals surface area contributed by atoms with Gasteiger partial charge in [-0.3, -0.25) is 9.48 Å². The first-order chi connectivity index (χ1) is 14.2. The minimum atomic E-state index is -4.67. The summed E-state index contributed by atoms with van der Waals surface area (Å²) in [6, 6.07) is 10.7. The zero-order chi connectivity index (χ0) is 21.5. The fourth-order valence-corrected chi connectivity index (χ4v) is 3.03. The van der Waals surface area contributed by atoms with Crippen LogP contribution in [0.2, 0.25) is 0 Å². The molecule has 4 aromatic rings. The number of aryl methyl sites for hydroxylation is 1. The van der Waals surface area contributed by atoms with Gasteiger partial charge in [-0.25, -0.2) is 9.50 Å². The SMILES string of the molecule is Cc1c(CNC(=O)c2cc3nc(-c4ccccc4)cc(C(F)(F)F)n3n2)cnn1C. The molecule has 10 heteroatoms. The van der Waals surface area contributed by atoms with Gasteiger partial charge in [-0.2, -0.15) is 23.4 Å². The first-order valence-electron chi connectivity index (χ1n) is 9.03. The number of carbonyl (C=O) groups excluding carboxylic acids is 1. The number of rotatable bonds is 4. The van der Waals surface area contributed by atoms with E-state index in [0.29, 0.717) is 10.1 Å². The molecule has 1 amide bonds. The maximum Gasteiger partial charge on any atom is 0.433 e. The Hall–Kier alpha value is -3.69. The second kappa shape index (κ2) is 7.29. The third-order valence-corrected chi connectivity index (χ3v) is 4.80. The predicted molar refractivity (Wildman–Crippen MR) is 103 cm³/mol. The summed E-state index contributed by atoms with van der Waals surface area (Å²) >= 11 is 0. The summed E-state index contributed by atoms with van der Waals surface area (Å²) in [6.07, 6.45) is -3.05. The van der Waals surface area contributed by atoms with Gasteiger partial charge in [0.25, 0.3) is 5.91 Å². The van der Waals surface area contributed by atoms with Crippen molar-refractivity contribution in [1.82, 2.24) is 29.7 Å². The van der Waals surface area contributed by atoms with E-state index in [1.165, 1.54) is 6.07 Å². The minimum Gasteiger partial charge on any atom is -0.346 e. The molecule has 0 radical (unpaired) electrons. The van der Waals surface area contributed by atoms with Gasteiger partial charge in [0.05, 0.1) is 11.9 Å². The average Bonchev–Trinajstić information content (AvgIpc) is 3.29. The van der Waals surface area contributed by atoms with Crippen LogP contribution >= 0.6 is 0 Å². The van der Waals surface area contributed by atoms with E-state index in [2.05, 4.69) is 20.5 Å². The summed E-state index contributed by atoms with van der Waals surface area (Å²) in [6.45, 7) is 2.03. The Morgan fingerprint density at radius 2 is 1.90 bits per heavy atom. The van der Waals surface area contributed by atoms with Gasteiger partial charge in [0, 0.05) is 36.5 Å². The van der Waals surface area contributed by atoms with E-state index >= 15 is 0 Å². The number of nitrogens with zero attached hydrogens (tertiary/aromatic N) is 5. The normalized spacial score (nSPS) is 11.8. The summed E-state index contributed by atoms with van der Waals surface area (Å²) in [5.74, 6) is -0.599. The van der Waals surface area contributed by atoms with E-state index in [1.54, 1.807) is 48.3 Å². The molecule has 30 heavy (non-hydrogen) atoms. The number of alkyl halides is 3. The molecule has 0 fully saturated rings. The van der Waals surface area contributed by atoms with E-state index in [-0.39, 0.29) is 23.6 Å². The highest BCUT2D eigenvalue weighted by atomic mass is 19.4. The van der Waals surface area contributed by atoms with Crippen molar-refractivity contribution < 1.29 is 18.0 Å². The highest BCUT2D eigenvalue weighted by Gasteiger charge is 2.35. The fourth-order valence-electron chi connectivity index (χ4n) is 3.03. The smallest absolute Gasteiger partial charge is 0.346 e. The van der Waals surface area contributed by atoms with Gasteiger partial charge >= 0.3 is 6.18 Å². The van der Waals surface area contributed by atoms with Gasteiger partial charge < -0.3 is 5.32 Å². The zero-order valence-corrected chi connectivity index (χ0v) is 16.1. The second-order valence-electron chi connectivity index (χ2n) is 6.75. The molecule has 0 bridgehead atoms. The molecule has 0 saturated heterocycles. The first-order valence-corrected chi connectivity index (χ1v) is 9.03. The lowest BCUT2D eigenvalue weighted by Crippen LogP contribution is -2.23. The van der Waals surface area contributed by atoms with Crippen LogP contribution in [0.25, 0.3) is 16.9 Å². The van der Waals surface area contributed by atoms with Gasteiger partial charge in [0.1, 0.15) is 0 Å². The molecule has 0 unspecified atom stereocenters. The maximum absolute atomic E-state index is 13.6. The lowest BCUT2D eigenvalue weighted by atomic mass is 10.1. The number of aromatic nitrogens is 5. The van der Waals surface area contributed by atoms with E-state index < -0.39 is 17.8 Å². The summed E-state index contributed by atoms with van der Waals surface area (Å²) in [4.78, 5) is 16.8. The largest absolute Gasteiger partial charge is 0.433 e. The Morgan fingerprint density at radius 1 is 1.17 bits per heavy atom. The molecule has 1 N–H and O–H groups in total. The Kier molecular flexibility index (Phi) is 4.76. The molecular weight excluding hydrogens is 397 g/mol. The number of hydrogen-bond acceptors (Lipinski definition) is 4. The number of amides is 1. The van der Waals surface area contributed by atoms with Gasteiger partial charge in [0.15, 0.2) is 17.0 Å². The summed E-state index contributed by atoms with van der Waals surface area (Å²) in [7, 11) is 1.78. The average molecular weight is 414 g/mol. The van der Waals surface area contributed by atoms with Crippen molar-refractivity contribution in [2.75, 3.05) is 0 Å². The quantitative estimate of drug-likeness (QED) is 0.555. The molecule has 0 aliphatic heterocycles. The van der Waals surface area contributed by atoms with Crippen molar-refractivity contribution in [3.63, 3.8) is 0 Å². The third-order valence-electron chi connectivity index (χ3n) is 4.80. The van der Waals surface area contributed by atoms with Crippen LogP contribution in [-0.4, -0.2) is 30.3 Å². The molecular formula is C20H17F3N6O. The van der Waals surface area contributed by atoms with Crippen molar-refractivity contribution in [3.8, 4) is 11.3 Å². The highest BCUT2D eigenvalue weighted by Crippen LogP contribution is 2.32. The maximum atomic E-state index is 13.6. The Bertz CT molecular complexity index is 1230. The van der Waals surface area contributed by atoms with Crippen LogP contribution in [0, 0.1) is 6.92 Å². The highest BCUT2D eigenvalue weighted by molar-refractivity contribution is 5.93. The molecule has 7 nitrogen and oxygen atoms in total. The molecule has 0 atom stereocenters. The van der Waals surface area contributed by atoms with Gasteiger partial charge in [-0.05, 0) is 13.0 Å². The van der Waals surface area contributed by atoms with Crippen LogP contribution in [0.1, 0.15) is 27.4 Å². The number of carbonyl (C=O) groups is 1. The number of fused-ring (bicyclic) bond motifs is 1. The van der Waals surface area contributed by atoms with Crippen molar-refractivity contribution in [1.29, 1.82) is 0 Å². The predicted octanol–water partition coefficient (Wildman–Crippen LogP) is 3.39. The zero-order valence-electron chi connectivity index (χ0n) is 16.1. The number of halogens is 3. The van der Waals surface area contributed by atoms with Crippen molar-refractivity contribution >= 4 is 11.6 Å². The molecule has 0 aliphatic rings. The van der Waals surface area contributed by atoms with E-state index in [9.17, 15) is 18.0 Å². The number of nitrogens with one attached hydrogen (secondary N) is 1.